The zero-order valence-corrected chi connectivity index (χ0v) is 20.3. The van der Waals surface area contributed by atoms with Crippen LogP contribution >= 0.6 is 23.2 Å². The third kappa shape index (κ3) is 2.91. The van der Waals surface area contributed by atoms with Crippen LogP contribution in [0.2, 0.25) is 0 Å². The van der Waals surface area contributed by atoms with Crippen molar-refractivity contribution in [3.05, 3.63) is 107 Å². The van der Waals surface area contributed by atoms with Crippen LogP contribution in [0, 0.1) is 11.8 Å². The number of esters is 1. The molecule has 0 aromatic heterocycles. The highest BCUT2D eigenvalue weighted by atomic mass is 35.5. The van der Waals surface area contributed by atoms with Crippen molar-refractivity contribution >= 4 is 46.8 Å². The molecule has 2 amide bonds. The van der Waals surface area contributed by atoms with Gasteiger partial charge in [0.15, 0.2) is 12.4 Å². The van der Waals surface area contributed by atoms with Gasteiger partial charge in [-0.05, 0) is 22.3 Å². The Hall–Kier alpha value is -3.48. The van der Waals surface area contributed by atoms with Gasteiger partial charge in [0.1, 0.15) is 16.3 Å². The number of ether oxygens (including phenoxy) is 1. The molecule has 1 heterocycles. The number of hydrogen-bond acceptors (Lipinski definition) is 5. The Kier molecular flexibility index (Phi) is 5.11. The number of likely N-dealkylation sites (tertiary alicyclic amines) is 1. The maximum Gasteiger partial charge on any atom is 0.326 e. The molecule has 8 heteroatoms. The minimum Gasteiger partial charge on any atom is -0.456 e. The summed E-state index contributed by atoms with van der Waals surface area (Å²) >= 11 is 14.7. The fraction of sp³-hybridized carbons (Fsp3) is 0.214. The van der Waals surface area contributed by atoms with Gasteiger partial charge in [0.2, 0.25) is 11.8 Å². The lowest BCUT2D eigenvalue weighted by atomic mass is 9.54. The molecule has 3 aromatic rings. The summed E-state index contributed by atoms with van der Waals surface area (Å²) in [7, 11) is 0. The molecule has 1 aliphatic heterocycles. The third-order valence-electron chi connectivity index (χ3n) is 7.42. The van der Waals surface area contributed by atoms with Crippen LogP contribution in [0.4, 0.5) is 0 Å². The number of amides is 2. The molecule has 36 heavy (non-hydrogen) atoms. The molecule has 180 valence electrons. The van der Waals surface area contributed by atoms with Crippen LogP contribution in [0.1, 0.15) is 32.6 Å². The summed E-state index contributed by atoms with van der Waals surface area (Å²) in [6, 6.07) is 23.0. The Balaban J connectivity index is 1.32. The minimum absolute atomic E-state index is 0.389. The first-order valence-corrected chi connectivity index (χ1v) is 12.2. The number of halogens is 2. The van der Waals surface area contributed by atoms with Gasteiger partial charge >= 0.3 is 5.97 Å². The Morgan fingerprint density at radius 3 is 1.58 bits per heavy atom. The van der Waals surface area contributed by atoms with E-state index >= 15 is 0 Å². The third-order valence-corrected chi connectivity index (χ3v) is 8.71. The first-order valence-electron chi connectivity index (χ1n) is 11.5. The fourth-order valence-electron chi connectivity index (χ4n) is 5.91. The second-order valence-corrected chi connectivity index (χ2v) is 10.4. The van der Waals surface area contributed by atoms with E-state index in [1.165, 1.54) is 0 Å². The number of alkyl halides is 2. The molecule has 3 aliphatic carbocycles. The summed E-state index contributed by atoms with van der Waals surface area (Å²) in [5.74, 6) is -4.41. The normalized spacial score (nSPS) is 27.3. The monoisotopic (exact) mass is 519 g/mol. The molecule has 0 radical (unpaired) electrons. The summed E-state index contributed by atoms with van der Waals surface area (Å²) in [5, 5.41) is 0. The number of ketones is 1. The molecule has 3 aromatic carbocycles. The average Bonchev–Trinajstić information content (AvgIpc) is 3.17. The van der Waals surface area contributed by atoms with E-state index in [4.69, 9.17) is 27.9 Å². The Labute approximate surface area is 216 Å². The summed E-state index contributed by atoms with van der Waals surface area (Å²) in [4.78, 5) is 50.5. The lowest BCUT2D eigenvalue weighted by molar-refractivity contribution is -0.152. The van der Waals surface area contributed by atoms with Gasteiger partial charge in [-0.2, -0.15) is 0 Å². The number of hydrogen-bond donors (Lipinski definition) is 0. The van der Waals surface area contributed by atoms with Crippen LogP contribution in [-0.4, -0.2) is 41.6 Å². The van der Waals surface area contributed by atoms with Gasteiger partial charge in [0.25, 0.3) is 0 Å². The van der Waals surface area contributed by atoms with Crippen molar-refractivity contribution in [1.82, 2.24) is 4.90 Å². The van der Waals surface area contributed by atoms with E-state index in [1.54, 1.807) is 30.3 Å². The topological polar surface area (TPSA) is 80.8 Å². The molecule has 1 fully saturated rings. The molecule has 4 aliphatic rings. The van der Waals surface area contributed by atoms with Crippen molar-refractivity contribution in [3.63, 3.8) is 0 Å². The van der Waals surface area contributed by atoms with Crippen molar-refractivity contribution in [1.29, 1.82) is 0 Å². The van der Waals surface area contributed by atoms with Crippen molar-refractivity contribution in [2.75, 3.05) is 13.2 Å². The Morgan fingerprint density at radius 1 is 0.722 bits per heavy atom. The fourth-order valence-corrected chi connectivity index (χ4v) is 7.01. The maximum atomic E-state index is 13.7. The lowest BCUT2D eigenvalue weighted by Crippen LogP contribution is -2.57. The van der Waals surface area contributed by atoms with E-state index in [1.807, 2.05) is 48.5 Å². The Bertz CT molecular complexity index is 1330. The van der Waals surface area contributed by atoms with Gasteiger partial charge in [-0.25, -0.2) is 0 Å². The summed E-state index contributed by atoms with van der Waals surface area (Å²) in [6.45, 7) is -1.12. The van der Waals surface area contributed by atoms with E-state index in [0.717, 1.165) is 4.90 Å². The minimum atomic E-state index is -1.32. The van der Waals surface area contributed by atoms with E-state index in [0.29, 0.717) is 27.8 Å². The largest absolute Gasteiger partial charge is 0.456 e. The number of Topliss-reactive ketones (excluding diaryl/α,β-unsaturated/α-hetero) is 1. The van der Waals surface area contributed by atoms with Crippen LogP contribution < -0.4 is 0 Å². The molecule has 7 rings (SSSR count). The second kappa shape index (κ2) is 8.02. The molecule has 0 N–H and O–H groups in total. The van der Waals surface area contributed by atoms with E-state index < -0.39 is 52.5 Å². The summed E-state index contributed by atoms with van der Waals surface area (Å²) in [6.07, 6.45) is 0. The number of benzene rings is 3. The summed E-state index contributed by atoms with van der Waals surface area (Å²) in [5.41, 5.74) is 3.12. The maximum absolute atomic E-state index is 13.7. The molecule has 2 atom stereocenters. The van der Waals surface area contributed by atoms with E-state index in [9.17, 15) is 19.2 Å². The zero-order chi connectivity index (χ0) is 25.2. The molecule has 0 saturated carbocycles. The van der Waals surface area contributed by atoms with Gasteiger partial charge in [-0.1, -0.05) is 78.9 Å². The lowest BCUT2D eigenvalue weighted by Gasteiger charge is -2.54. The summed E-state index contributed by atoms with van der Waals surface area (Å²) < 4.78 is 5.11. The number of nitrogens with zero attached hydrogens (tertiary/aromatic N) is 1. The molecule has 0 unspecified atom stereocenters. The van der Waals surface area contributed by atoms with Crippen molar-refractivity contribution in [2.45, 2.75) is 9.75 Å². The number of carbonyl (C=O) groups excluding carboxylic acids is 4. The van der Waals surface area contributed by atoms with Gasteiger partial charge < -0.3 is 4.74 Å². The quantitative estimate of drug-likeness (QED) is 0.220. The van der Waals surface area contributed by atoms with Crippen LogP contribution in [0.3, 0.4) is 0 Å². The van der Waals surface area contributed by atoms with Crippen LogP contribution in [0.15, 0.2) is 78.9 Å². The van der Waals surface area contributed by atoms with Crippen LogP contribution in [0.5, 0.6) is 0 Å². The Morgan fingerprint density at radius 2 is 1.14 bits per heavy atom. The molecular formula is C28H19Cl2NO5. The predicted molar refractivity (Wildman–Crippen MR) is 132 cm³/mol. The predicted octanol–water partition coefficient (Wildman–Crippen LogP) is 4.01. The molecule has 0 spiro atoms. The molecule has 1 saturated heterocycles. The SMILES string of the molecule is O=C(CN1C(=O)[C@@H]2[C@H](C1=O)C1(Cl)c3ccccc3C2(Cl)c2ccccc21)OCC(=O)c1ccccc1. The van der Waals surface area contributed by atoms with Crippen LogP contribution in [-0.2, 0) is 28.9 Å². The number of carbonyl (C=O) groups is 4. The van der Waals surface area contributed by atoms with E-state index in [2.05, 4.69) is 0 Å². The standard InChI is InChI=1S/C28H19Cl2NO5/c29-27-17-10-4-5-11-18(17)28(30,20-13-7-6-12-19(20)27)24-23(27)25(34)31(26(24)35)14-22(33)36-15-21(32)16-8-2-1-3-9-16/h1-13,23-24H,14-15H2/t23-,24+,27?,28?. The second-order valence-electron chi connectivity index (χ2n) is 9.18. The van der Waals surface area contributed by atoms with Crippen LogP contribution in [0.25, 0.3) is 0 Å². The first kappa shape index (κ1) is 23.0. The number of imide groups is 1. The molecule has 6 nitrogen and oxygen atoms in total. The van der Waals surface area contributed by atoms with Gasteiger partial charge in [0.05, 0.1) is 11.8 Å². The number of rotatable bonds is 5. The highest BCUT2D eigenvalue weighted by molar-refractivity contribution is 6.36. The zero-order valence-electron chi connectivity index (χ0n) is 18.8. The van der Waals surface area contributed by atoms with Gasteiger partial charge in [-0.3, -0.25) is 24.1 Å². The smallest absolute Gasteiger partial charge is 0.326 e. The van der Waals surface area contributed by atoms with Gasteiger partial charge in [-0.15, -0.1) is 23.2 Å². The highest BCUT2D eigenvalue weighted by Crippen LogP contribution is 2.69. The first-order chi connectivity index (χ1) is 17.3. The molecular weight excluding hydrogens is 501 g/mol. The average molecular weight is 520 g/mol. The van der Waals surface area contributed by atoms with Crippen molar-refractivity contribution < 1.29 is 23.9 Å². The van der Waals surface area contributed by atoms with E-state index in [-0.39, 0.29) is 5.78 Å². The van der Waals surface area contributed by atoms with Gasteiger partial charge in [0, 0.05) is 5.56 Å². The van der Waals surface area contributed by atoms with Crippen molar-refractivity contribution in [3.8, 4) is 0 Å². The highest BCUT2D eigenvalue weighted by Gasteiger charge is 2.73. The molecule has 2 bridgehead atoms. The van der Waals surface area contributed by atoms with Crippen molar-refractivity contribution in [2.24, 2.45) is 11.8 Å².